The van der Waals surface area contributed by atoms with Gasteiger partial charge in [0.25, 0.3) is 0 Å². The lowest BCUT2D eigenvalue weighted by Crippen LogP contribution is -1.89. The zero-order chi connectivity index (χ0) is 15.0. The monoisotopic (exact) mass is 338 g/mol. The van der Waals surface area contributed by atoms with Gasteiger partial charge in [-0.2, -0.15) is 0 Å². The molecule has 21 heavy (non-hydrogen) atoms. The molecular weight excluding hydrogens is 331 g/mol. The molecule has 2 N–H and O–H groups in total. The van der Waals surface area contributed by atoms with E-state index in [4.69, 9.17) is 45.1 Å². The fourth-order valence-electron chi connectivity index (χ4n) is 2.08. The molecule has 0 amide bonds. The second kappa shape index (κ2) is 5.60. The number of hydrogen-bond donors (Lipinski definition) is 1. The fourth-order valence-corrected chi connectivity index (χ4v) is 2.73. The summed E-state index contributed by atoms with van der Waals surface area (Å²) in [7, 11) is 0. The zero-order valence-electron chi connectivity index (χ0n) is 10.6. The van der Waals surface area contributed by atoms with Crippen LogP contribution in [0, 0.1) is 0 Å². The van der Waals surface area contributed by atoms with E-state index in [-0.39, 0.29) is 0 Å². The number of nitrogens with two attached hydrogens (primary N) is 1. The van der Waals surface area contributed by atoms with Gasteiger partial charge >= 0.3 is 0 Å². The number of hydrogen-bond acceptors (Lipinski definition) is 3. The Bertz CT molecular complexity index is 777. The number of nitrogen functional groups attached to an aromatic ring is 1. The van der Waals surface area contributed by atoms with Gasteiger partial charge in [-0.1, -0.05) is 52.1 Å². The number of halogens is 3. The third-order valence-electron chi connectivity index (χ3n) is 2.98. The molecule has 1 aromatic heterocycles. The van der Waals surface area contributed by atoms with Gasteiger partial charge in [-0.25, -0.2) is 0 Å². The largest absolute Gasteiger partial charge is 0.380 e. The molecule has 3 rings (SSSR count). The molecule has 6 heteroatoms. The highest BCUT2D eigenvalue weighted by atomic mass is 35.5. The van der Waals surface area contributed by atoms with Crippen molar-refractivity contribution in [1.29, 1.82) is 0 Å². The van der Waals surface area contributed by atoms with E-state index >= 15 is 0 Å². The molecule has 0 aliphatic heterocycles. The van der Waals surface area contributed by atoms with Crippen LogP contribution in [-0.2, 0) is 0 Å². The van der Waals surface area contributed by atoms with E-state index in [2.05, 4.69) is 5.16 Å². The molecule has 0 saturated heterocycles. The summed E-state index contributed by atoms with van der Waals surface area (Å²) in [6.07, 6.45) is 0. The van der Waals surface area contributed by atoms with E-state index in [0.29, 0.717) is 37.8 Å². The molecule has 0 radical (unpaired) electrons. The minimum absolute atomic E-state index is 0.295. The van der Waals surface area contributed by atoms with Gasteiger partial charge < -0.3 is 10.3 Å². The molecule has 106 valence electrons. The van der Waals surface area contributed by atoms with E-state index < -0.39 is 0 Å². The van der Waals surface area contributed by atoms with Crippen molar-refractivity contribution in [3.8, 4) is 22.5 Å². The van der Waals surface area contributed by atoms with Crippen LogP contribution in [0.2, 0.25) is 15.1 Å². The second-order valence-electron chi connectivity index (χ2n) is 4.44. The van der Waals surface area contributed by atoms with Crippen LogP contribution < -0.4 is 5.73 Å². The van der Waals surface area contributed by atoms with Crippen molar-refractivity contribution in [2.45, 2.75) is 0 Å². The molecule has 0 fully saturated rings. The van der Waals surface area contributed by atoms with Gasteiger partial charge in [0.05, 0.1) is 5.56 Å². The number of anilines is 1. The Labute approximate surface area is 136 Å². The van der Waals surface area contributed by atoms with Crippen LogP contribution in [0.15, 0.2) is 47.0 Å². The fraction of sp³-hybridized carbons (Fsp3) is 0. The van der Waals surface area contributed by atoms with Gasteiger partial charge in [0.15, 0.2) is 11.6 Å². The van der Waals surface area contributed by atoms with E-state index in [1.807, 2.05) is 12.1 Å². The summed E-state index contributed by atoms with van der Waals surface area (Å²) in [4.78, 5) is 0. The van der Waals surface area contributed by atoms with E-state index in [0.717, 1.165) is 5.56 Å². The third-order valence-corrected chi connectivity index (χ3v) is 3.66. The number of benzene rings is 2. The molecule has 0 aliphatic rings. The maximum atomic E-state index is 6.03. The summed E-state index contributed by atoms with van der Waals surface area (Å²) in [5.74, 6) is 0.808. The quantitative estimate of drug-likeness (QED) is 0.666. The van der Waals surface area contributed by atoms with Gasteiger partial charge in [-0.05, 0) is 35.9 Å². The van der Waals surface area contributed by atoms with Crippen molar-refractivity contribution in [1.82, 2.24) is 5.16 Å². The molecular formula is C15H9Cl3N2O. The van der Waals surface area contributed by atoms with Crippen LogP contribution in [-0.4, -0.2) is 5.16 Å². The molecule has 0 spiro atoms. The first kappa shape index (κ1) is 14.3. The zero-order valence-corrected chi connectivity index (χ0v) is 12.9. The normalized spacial score (nSPS) is 10.8. The topological polar surface area (TPSA) is 52.0 Å². The molecule has 0 saturated carbocycles. The molecule has 0 unspecified atom stereocenters. The van der Waals surface area contributed by atoms with E-state index in [1.54, 1.807) is 30.3 Å². The minimum Gasteiger partial charge on any atom is -0.380 e. The molecule has 0 aliphatic carbocycles. The molecule has 0 bridgehead atoms. The van der Waals surface area contributed by atoms with Crippen molar-refractivity contribution in [3.63, 3.8) is 0 Å². The van der Waals surface area contributed by atoms with Crippen LogP contribution in [0.25, 0.3) is 22.5 Å². The highest BCUT2D eigenvalue weighted by Crippen LogP contribution is 2.38. The van der Waals surface area contributed by atoms with Gasteiger partial charge in [-0.15, -0.1) is 0 Å². The number of nitrogens with zero attached hydrogens (tertiary/aromatic N) is 1. The van der Waals surface area contributed by atoms with Crippen LogP contribution >= 0.6 is 34.8 Å². The van der Waals surface area contributed by atoms with Crippen LogP contribution in [0.1, 0.15) is 0 Å². The van der Waals surface area contributed by atoms with Gasteiger partial charge in [0, 0.05) is 20.6 Å². The first-order valence-electron chi connectivity index (χ1n) is 6.02. The summed E-state index contributed by atoms with van der Waals surface area (Å²) in [5.41, 5.74) is 8.17. The average Bonchev–Trinajstić information content (AvgIpc) is 2.80. The predicted molar refractivity (Wildman–Crippen MR) is 86.8 cm³/mol. The Hall–Kier alpha value is -1.68. The van der Waals surface area contributed by atoms with Gasteiger partial charge in [0.1, 0.15) is 0 Å². The number of aromatic nitrogens is 1. The lowest BCUT2D eigenvalue weighted by molar-refractivity contribution is 0.436. The van der Waals surface area contributed by atoms with Gasteiger partial charge in [-0.3, -0.25) is 0 Å². The Morgan fingerprint density at radius 3 is 2.05 bits per heavy atom. The Balaban J connectivity index is 2.19. The summed E-state index contributed by atoms with van der Waals surface area (Å²) in [5, 5.41) is 5.49. The lowest BCUT2D eigenvalue weighted by Gasteiger charge is -2.04. The summed E-state index contributed by atoms with van der Waals surface area (Å²) in [6, 6.07) is 12.4. The predicted octanol–water partition coefficient (Wildman–Crippen LogP) is 5.55. The SMILES string of the molecule is Nc1noc(-c2cc(Cl)cc(Cl)c2)c1-c1ccc(Cl)cc1. The smallest absolute Gasteiger partial charge is 0.177 e. The van der Waals surface area contributed by atoms with Crippen molar-refractivity contribution < 1.29 is 4.52 Å². The third kappa shape index (κ3) is 2.86. The van der Waals surface area contributed by atoms with Crippen LogP contribution in [0.5, 0.6) is 0 Å². The summed E-state index contributed by atoms with van der Waals surface area (Å²) < 4.78 is 5.35. The first-order chi connectivity index (χ1) is 10.0. The molecule has 2 aromatic carbocycles. The van der Waals surface area contributed by atoms with Crippen LogP contribution in [0.4, 0.5) is 5.82 Å². The summed E-state index contributed by atoms with van der Waals surface area (Å²) >= 11 is 18.0. The molecule has 0 atom stereocenters. The maximum Gasteiger partial charge on any atom is 0.177 e. The Morgan fingerprint density at radius 1 is 0.810 bits per heavy atom. The Kier molecular flexibility index (Phi) is 3.81. The maximum absolute atomic E-state index is 6.03. The standard InChI is InChI=1S/C15H9Cl3N2O/c16-10-3-1-8(2-4-10)13-14(21-20-15(13)19)9-5-11(17)7-12(18)6-9/h1-7H,(H2,19,20). The Morgan fingerprint density at radius 2 is 1.43 bits per heavy atom. The van der Waals surface area contributed by atoms with Crippen molar-refractivity contribution >= 4 is 40.6 Å². The van der Waals surface area contributed by atoms with Crippen molar-refractivity contribution in [2.75, 3.05) is 5.73 Å². The summed E-state index contributed by atoms with van der Waals surface area (Å²) in [6.45, 7) is 0. The van der Waals surface area contributed by atoms with E-state index in [9.17, 15) is 0 Å². The molecule has 3 nitrogen and oxygen atoms in total. The number of rotatable bonds is 2. The van der Waals surface area contributed by atoms with Gasteiger partial charge in [0.2, 0.25) is 0 Å². The average molecular weight is 340 g/mol. The first-order valence-corrected chi connectivity index (χ1v) is 7.15. The second-order valence-corrected chi connectivity index (χ2v) is 5.75. The van der Waals surface area contributed by atoms with E-state index in [1.165, 1.54) is 0 Å². The lowest BCUT2D eigenvalue weighted by atomic mass is 10.0. The van der Waals surface area contributed by atoms with Crippen molar-refractivity contribution in [2.24, 2.45) is 0 Å². The highest BCUT2D eigenvalue weighted by Gasteiger charge is 2.18. The highest BCUT2D eigenvalue weighted by molar-refractivity contribution is 6.35. The minimum atomic E-state index is 0.295. The van der Waals surface area contributed by atoms with Crippen LogP contribution in [0.3, 0.4) is 0 Å². The van der Waals surface area contributed by atoms with Crippen molar-refractivity contribution in [3.05, 3.63) is 57.5 Å². The molecule has 1 heterocycles. The molecule has 3 aromatic rings.